The lowest BCUT2D eigenvalue weighted by Crippen LogP contribution is -2.44. The number of hydrogen-bond acceptors (Lipinski definition) is 4. The summed E-state index contributed by atoms with van der Waals surface area (Å²) < 4.78 is 5.39. The molecule has 2 aliphatic rings. The molecule has 2 fully saturated rings. The van der Waals surface area contributed by atoms with Crippen LogP contribution in [-0.2, 0) is 4.74 Å². The lowest BCUT2D eigenvalue weighted by atomic mass is 9.84. The Morgan fingerprint density at radius 1 is 1.18 bits per heavy atom. The highest BCUT2D eigenvalue weighted by Gasteiger charge is 2.26. The molecule has 4 nitrogen and oxygen atoms in total. The Labute approximate surface area is 105 Å². The van der Waals surface area contributed by atoms with E-state index < -0.39 is 0 Å². The van der Waals surface area contributed by atoms with Crippen molar-refractivity contribution in [2.75, 3.05) is 59.5 Å². The minimum atomic E-state index is 0.682. The minimum absolute atomic E-state index is 0.682. The van der Waals surface area contributed by atoms with Crippen LogP contribution in [-0.4, -0.2) is 69.3 Å². The molecule has 0 bridgehead atoms. The van der Waals surface area contributed by atoms with Crippen LogP contribution in [0, 0.1) is 11.8 Å². The van der Waals surface area contributed by atoms with Crippen LogP contribution in [0.5, 0.6) is 0 Å². The van der Waals surface area contributed by atoms with E-state index in [-0.39, 0.29) is 0 Å². The number of hydrogen-bond donors (Lipinski definition) is 1. The second-order valence-corrected chi connectivity index (χ2v) is 5.55. The SMILES string of the molecule is CN1CCC(C(CN)CN2CCOCC2)CC1. The predicted octanol–water partition coefficient (Wildman–Crippen LogP) is 0.235. The zero-order valence-electron chi connectivity index (χ0n) is 11.1. The molecule has 2 heterocycles. The summed E-state index contributed by atoms with van der Waals surface area (Å²) in [6, 6.07) is 0. The van der Waals surface area contributed by atoms with E-state index in [1.54, 1.807) is 0 Å². The molecular formula is C13H27N3O. The van der Waals surface area contributed by atoms with Gasteiger partial charge >= 0.3 is 0 Å². The molecular weight excluding hydrogens is 214 g/mol. The van der Waals surface area contributed by atoms with Gasteiger partial charge in [-0.05, 0) is 51.4 Å². The van der Waals surface area contributed by atoms with E-state index >= 15 is 0 Å². The normalized spacial score (nSPS) is 27.2. The van der Waals surface area contributed by atoms with Crippen LogP contribution >= 0.6 is 0 Å². The molecule has 2 rings (SSSR count). The number of morpholine rings is 1. The number of likely N-dealkylation sites (tertiary alicyclic amines) is 1. The molecule has 0 aliphatic carbocycles. The molecule has 100 valence electrons. The van der Waals surface area contributed by atoms with Gasteiger partial charge in [-0.1, -0.05) is 0 Å². The highest BCUT2D eigenvalue weighted by molar-refractivity contribution is 4.80. The van der Waals surface area contributed by atoms with Crippen molar-refractivity contribution in [3.63, 3.8) is 0 Å². The van der Waals surface area contributed by atoms with E-state index in [9.17, 15) is 0 Å². The summed E-state index contributed by atoms with van der Waals surface area (Å²) in [5, 5.41) is 0. The molecule has 17 heavy (non-hydrogen) atoms. The third kappa shape index (κ3) is 3.91. The maximum Gasteiger partial charge on any atom is 0.0594 e. The second-order valence-electron chi connectivity index (χ2n) is 5.55. The highest BCUT2D eigenvalue weighted by Crippen LogP contribution is 2.24. The third-order valence-corrected chi connectivity index (χ3v) is 4.33. The fourth-order valence-corrected chi connectivity index (χ4v) is 3.03. The summed E-state index contributed by atoms with van der Waals surface area (Å²) in [7, 11) is 2.22. The molecule has 0 amide bonds. The molecule has 0 aromatic carbocycles. The number of piperidine rings is 1. The molecule has 2 aliphatic heterocycles. The molecule has 2 saturated heterocycles. The first-order valence-electron chi connectivity index (χ1n) is 6.98. The van der Waals surface area contributed by atoms with Gasteiger partial charge in [0, 0.05) is 19.6 Å². The fourth-order valence-electron chi connectivity index (χ4n) is 3.03. The van der Waals surface area contributed by atoms with Gasteiger partial charge in [0.15, 0.2) is 0 Å². The standard InChI is InChI=1S/C13H27N3O/c1-15-4-2-12(3-5-15)13(10-14)11-16-6-8-17-9-7-16/h12-13H,2-11,14H2,1H3. The van der Waals surface area contributed by atoms with Gasteiger partial charge in [0.25, 0.3) is 0 Å². The smallest absolute Gasteiger partial charge is 0.0594 e. The van der Waals surface area contributed by atoms with Crippen molar-refractivity contribution in [3.05, 3.63) is 0 Å². The van der Waals surface area contributed by atoms with Crippen LogP contribution in [0.4, 0.5) is 0 Å². The summed E-state index contributed by atoms with van der Waals surface area (Å²) in [5.74, 6) is 1.51. The highest BCUT2D eigenvalue weighted by atomic mass is 16.5. The summed E-state index contributed by atoms with van der Waals surface area (Å²) in [5.41, 5.74) is 5.98. The number of ether oxygens (including phenoxy) is 1. The van der Waals surface area contributed by atoms with Crippen LogP contribution in [0.2, 0.25) is 0 Å². The summed E-state index contributed by atoms with van der Waals surface area (Å²) >= 11 is 0. The maximum absolute atomic E-state index is 5.98. The zero-order chi connectivity index (χ0) is 12.1. The average molecular weight is 241 g/mol. The first-order valence-corrected chi connectivity index (χ1v) is 6.98. The first kappa shape index (κ1) is 13.3. The first-order chi connectivity index (χ1) is 8.29. The lowest BCUT2D eigenvalue weighted by molar-refractivity contribution is 0.0229. The Morgan fingerprint density at radius 2 is 1.82 bits per heavy atom. The molecule has 1 atom stereocenters. The Balaban J connectivity index is 1.78. The van der Waals surface area contributed by atoms with Gasteiger partial charge in [0.1, 0.15) is 0 Å². The van der Waals surface area contributed by atoms with Crippen LogP contribution in [0.3, 0.4) is 0 Å². The minimum Gasteiger partial charge on any atom is -0.379 e. The van der Waals surface area contributed by atoms with Crippen molar-refractivity contribution in [3.8, 4) is 0 Å². The molecule has 0 radical (unpaired) electrons. The molecule has 0 saturated carbocycles. The predicted molar refractivity (Wildman–Crippen MR) is 70.0 cm³/mol. The molecule has 4 heteroatoms. The van der Waals surface area contributed by atoms with Gasteiger partial charge in [0.05, 0.1) is 13.2 Å². The van der Waals surface area contributed by atoms with Crippen LogP contribution in [0.1, 0.15) is 12.8 Å². The van der Waals surface area contributed by atoms with E-state index in [0.717, 1.165) is 38.8 Å². The Hall–Kier alpha value is -0.160. The van der Waals surface area contributed by atoms with Crippen molar-refractivity contribution >= 4 is 0 Å². The number of rotatable bonds is 4. The quantitative estimate of drug-likeness (QED) is 0.765. The van der Waals surface area contributed by atoms with Crippen LogP contribution < -0.4 is 5.73 Å². The van der Waals surface area contributed by atoms with Crippen LogP contribution in [0.25, 0.3) is 0 Å². The largest absolute Gasteiger partial charge is 0.379 e. The fraction of sp³-hybridized carbons (Fsp3) is 1.00. The molecule has 0 spiro atoms. The van der Waals surface area contributed by atoms with Gasteiger partial charge in [0.2, 0.25) is 0 Å². The van der Waals surface area contributed by atoms with Gasteiger partial charge in [-0.2, -0.15) is 0 Å². The van der Waals surface area contributed by atoms with Crippen molar-refractivity contribution in [2.45, 2.75) is 12.8 Å². The summed E-state index contributed by atoms with van der Waals surface area (Å²) in [6.45, 7) is 8.45. The molecule has 1 unspecified atom stereocenters. The van der Waals surface area contributed by atoms with E-state index in [2.05, 4.69) is 16.8 Å². The van der Waals surface area contributed by atoms with Gasteiger partial charge in [-0.3, -0.25) is 4.90 Å². The van der Waals surface area contributed by atoms with E-state index in [0.29, 0.717) is 5.92 Å². The lowest BCUT2D eigenvalue weighted by Gasteiger charge is -2.37. The Bertz CT molecular complexity index is 211. The Kier molecular flexibility index (Phi) is 5.22. The zero-order valence-corrected chi connectivity index (χ0v) is 11.1. The average Bonchev–Trinajstić information content (AvgIpc) is 2.38. The van der Waals surface area contributed by atoms with E-state index in [1.165, 1.54) is 32.5 Å². The van der Waals surface area contributed by atoms with E-state index in [4.69, 9.17) is 10.5 Å². The van der Waals surface area contributed by atoms with Gasteiger partial charge < -0.3 is 15.4 Å². The molecule has 2 N–H and O–H groups in total. The van der Waals surface area contributed by atoms with Crippen molar-refractivity contribution in [1.82, 2.24) is 9.80 Å². The second kappa shape index (κ2) is 6.69. The van der Waals surface area contributed by atoms with Crippen molar-refractivity contribution < 1.29 is 4.74 Å². The van der Waals surface area contributed by atoms with Gasteiger partial charge in [-0.15, -0.1) is 0 Å². The third-order valence-electron chi connectivity index (χ3n) is 4.33. The van der Waals surface area contributed by atoms with Gasteiger partial charge in [-0.25, -0.2) is 0 Å². The van der Waals surface area contributed by atoms with E-state index in [1.807, 2.05) is 0 Å². The monoisotopic (exact) mass is 241 g/mol. The summed E-state index contributed by atoms with van der Waals surface area (Å²) in [6.07, 6.45) is 2.64. The Morgan fingerprint density at radius 3 is 2.41 bits per heavy atom. The summed E-state index contributed by atoms with van der Waals surface area (Å²) in [4.78, 5) is 4.96. The van der Waals surface area contributed by atoms with Crippen molar-refractivity contribution in [2.24, 2.45) is 17.6 Å². The number of nitrogens with two attached hydrogens (primary N) is 1. The molecule has 0 aromatic heterocycles. The maximum atomic E-state index is 5.98. The molecule has 0 aromatic rings. The number of nitrogens with zero attached hydrogens (tertiary/aromatic N) is 2. The van der Waals surface area contributed by atoms with Crippen LogP contribution in [0.15, 0.2) is 0 Å². The van der Waals surface area contributed by atoms with Crippen molar-refractivity contribution in [1.29, 1.82) is 0 Å². The topological polar surface area (TPSA) is 41.7 Å².